The molecular formula is C14H8BrF3N2O. The van der Waals surface area contributed by atoms with Gasteiger partial charge in [0.15, 0.2) is 0 Å². The second-order valence-corrected chi connectivity index (χ2v) is 5.15. The van der Waals surface area contributed by atoms with Crippen LogP contribution in [0.25, 0.3) is 16.6 Å². The van der Waals surface area contributed by atoms with Crippen LogP contribution in [0.15, 0.2) is 53.1 Å². The molecule has 0 fully saturated rings. The molecule has 108 valence electrons. The van der Waals surface area contributed by atoms with Crippen LogP contribution < -0.4 is 4.74 Å². The molecule has 0 N–H and O–H groups in total. The lowest BCUT2D eigenvalue weighted by molar-refractivity contribution is -0.274. The summed E-state index contributed by atoms with van der Waals surface area (Å²) < 4.78 is 42.5. The number of aromatic nitrogens is 2. The van der Waals surface area contributed by atoms with Crippen LogP contribution in [0.1, 0.15) is 0 Å². The summed E-state index contributed by atoms with van der Waals surface area (Å²) in [5, 5.41) is 5.32. The number of hydrogen-bond acceptors (Lipinski definition) is 2. The third-order valence-corrected chi connectivity index (χ3v) is 3.45. The van der Waals surface area contributed by atoms with Crippen LogP contribution in [0.3, 0.4) is 0 Å². The molecule has 21 heavy (non-hydrogen) atoms. The molecule has 3 aromatic rings. The highest BCUT2D eigenvalue weighted by atomic mass is 79.9. The minimum absolute atomic E-state index is 0.283. The molecule has 0 aliphatic carbocycles. The first-order valence-electron chi connectivity index (χ1n) is 5.92. The van der Waals surface area contributed by atoms with Crippen molar-refractivity contribution >= 4 is 26.8 Å². The molecule has 1 heterocycles. The van der Waals surface area contributed by atoms with Crippen molar-refractivity contribution in [3.05, 3.63) is 53.1 Å². The molecule has 0 saturated heterocycles. The number of ether oxygens (including phenoxy) is 1. The zero-order valence-electron chi connectivity index (χ0n) is 10.4. The van der Waals surface area contributed by atoms with E-state index in [1.165, 1.54) is 18.2 Å². The molecule has 0 spiro atoms. The molecule has 0 atom stereocenters. The smallest absolute Gasteiger partial charge is 0.406 e. The van der Waals surface area contributed by atoms with E-state index >= 15 is 0 Å². The Bertz CT molecular complexity index is 765. The van der Waals surface area contributed by atoms with E-state index in [4.69, 9.17) is 0 Å². The predicted octanol–water partition coefficient (Wildman–Crippen LogP) is 4.69. The molecule has 0 aliphatic heterocycles. The Hall–Kier alpha value is -2.02. The maximum Gasteiger partial charge on any atom is 0.573 e. The average molecular weight is 357 g/mol. The van der Waals surface area contributed by atoms with Crippen LogP contribution in [0.2, 0.25) is 0 Å². The molecule has 0 radical (unpaired) electrons. The number of rotatable bonds is 2. The van der Waals surface area contributed by atoms with Crippen LogP contribution in [0, 0.1) is 0 Å². The minimum Gasteiger partial charge on any atom is -0.406 e. The summed E-state index contributed by atoms with van der Waals surface area (Å²) >= 11 is 3.24. The Labute approximate surface area is 126 Å². The Kier molecular flexibility index (Phi) is 3.36. The summed E-state index contributed by atoms with van der Waals surface area (Å²) in [6.07, 6.45) is -2.90. The van der Waals surface area contributed by atoms with Crippen molar-refractivity contribution in [1.82, 2.24) is 9.78 Å². The first-order valence-corrected chi connectivity index (χ1v) is 6.72. The highest BCUT2D eigenvalue weighted by molar-refractivity contribution is 9.10. The average Bonchev–Trinajstić information content (AvgIpc) is 2.80. The number of benzene rings is 2. The predicted molar refractivity (Wildman–Crippen MR) is 75.5 cm³/mol. The second kappa shape index (κ2) is 5.07. The number of nitrogens with zero attached hydrogens (tertiary/aromatic N) is 2. The van der Waals surface area contributed by atoms with E-state index in [0.29, 0.717) is 10.2 Å². The second-order valence-electron chi connectivity index (χ2n) is 4.29. The standard InChI is InChI=1S/C14H8BrF3N2O/c15-11-7-10(21-14(16,17)18)5-6-13(11)20-8-9-3-1-2-4-12(9)19-20/h1-8H. The van der Waals surface area contributed by atoms with Crippen molar-refractivity contribution < 1.29 is 17.9 Å². The van der Waals surface area contributed by atoms with Gasteiger partial charge in [-0.05, 0) is 40.2 Å². The van der Waals surface area contributed by atoms with Crippen LogP contribution in [0.5, 0.6) is 5.75 Å². The van der Waals surface area contributed by atoms with E-state index in [0.717, 1.165) is 10.9 Å². The molecule has 0 saturated carbocycles. The van der Waals surface area contributed by atoms with Gasteiger partial charge in [0.05, 0.1) is 11.2 Å². The molecule has 3 nitrogen and oxygen atoms in total. The molecule has 0 amide bonds. The van der Waals surface area contributed by atoms with Crippen molar-refractivity contribution in [2.45, 2.75) is 6.36 Å². The first kappa shape index (κ1) is 13.9. The lowest BCUT2D eigenvalue weighted by Crippen LogP contribution is -2.17. The van der Waals surface area contributed by atoms with Gasteiger partial charge in [-0.15, -0.1) is 13.2 Å². The van der Waals surface area contributed by atoms with Crippen molar-refractivity contribution in [2.24, 2.45) is 0 Å². The lowest BCUT2D eigenvalue weighted by atomic mass is 10.3. The topological polar surface area (TPSA) is 27.1 Å². The van der Waals surface area contributed by atoms with Crippen LogP contribution in [-0.4, -0.2) is 16.1 Å². The maximum atomic E-state index is 12.2. The van der Waals surface area contributed by atoms with E-state index in [2.05, 4.69) is 25.8 Å². The van der Waals surface area contributed by atoms with E-state index < -0.39 is 6.36 Å². The first-order chi connectivity index (χ1) is 9.92. The highest BCUT2D eigenvalue weighted by Crippen LogP contribution is 2.30. The number of alkyl halides is 3. The third-order valence-electron chi connectivity index (χ3n) is 2.81. The van der Waals surface area contributed by atoms with Gasteiger partial charge in [-0.25, -0.2) is 4.68 Å². The molecule has 0 unspecified atom stereocenters. The molecule has 0 bridgehead atoms. The summed E-state index contributed by atoms with van der Waals surface area (Å²) in [5.74, 6) is -0.283. The van der Waals surface area contributed by atoms with Crippen LogP contribution in [0.4, 0.5) is 13.2 Å². The van der Waals surface area contributed by atoms with Gasteiger partial charge >= 0.3 is 6.36 Å². The fourth-order valence-corrected chi connectivity index (χ4v) is 2.50. The van der Waals surface area contributed by atoms with E-state index in [-0.39, 0.29) is 5.75 Å². The van der Waals surface area contributed by atoms with Crippen molar-refractivity contribution in [3.8, 4) is 11.4 Å². The Morgan fingerprint density at radius 2 is 1.86 bits per heavy atom. The lowest BCUT2D eigenvalue weighted by Gasteiger charge is -2.10. The normalized spacial score (nSPS) is 11.8. The van der Waals surface area contributed by atoms with E-state index in [1.807, 2.05) is 24.3 Å². The zero-order chi connectivity index (χ0) is 15.0. The Morgan fingerprint density at radius 1 is 1.10 bits per heavy atom. The summed E-state index contributed by atoms with van der Waals surface area (Å²) in [4.78, 5) is 0. The SMILES string of the molecule is FC(F)(F)Oc1ccc(-n2cc3ccccc3n2)c(Br)c1. The molecule has 7 heteroatoms. The number of fused-ring (bicyclic) bond motifs is 1. The molecule has 0 aliphatic rings. The summed E-state index contributed by atoms with van der Waals surface area (Å²) in [6.45, 7) is 0. The summed E-state index contributed by atoms with van der Waals surface area (Å²) in [6, 6.07) is 11.6. The van der Waals surface area contributed by atoms with Gasteiger partial charge in [-0.2, -0.15) is 5.10 Å². The molecule has 2 aromatic carbocycles. The Balaban J connectivity index is 1.99. The highest BCUT2D eigenvalue weighted by Gasteiger charge is 2.31. The van der Waals surface area contributed by atoms with Gasteiger partial charge in [0, 0.05) is 16.1 Å². The number of halogens is 4. The monoisotopic (exact) mass is 356 g/mol. The van der Waals surface area contributed by atoms with E-state index in [9.17, 15) is 13.2 Å². The van der Waals surface area contributed by atoms with Gasteiger partial charge in [0.2, 0.25) is 0 Å². The van der Waals surface area contributed by atoms with Crippen molar-refractivity contribution in [1.29, 1.82) is 0 Å². The van der Waals surface area contributed by atoms with Gasteiger partial charge in [-0.1, -0.05) is 18.2 Å². The number of hydrogen-bond donors (Lipinski definition) is 0. The molecule has 1 aromatic heterocycles. The fourth-order valence-electron chi connectivity index (χ4n) is 1.96. The van der Waals surface area contributed by atoms with Crippen LogP contribution in [-0.2, 0) is 0 Å². The van der Waals surface area contributed by atoms with Gasteiger partial charge in [0.25, 0.3) is 0 Å². The largest absolute Gasteiger partial charge is 0.573 e. The fraction of sp³-hybridized carbons (Fsp3) is 0.0714. The van der Waals surface area contributed by atoms with Gasteiger partial charge in [0.1, 0.15) is 5.75 Å². The summed E-state index contributed by atoms with van der Waals surface area (Å²) in [7, 11) is 0. The van der Waals surface area contributed by atoms with Gasteiger partial charge in [-0.3, -0.25) is 0 Å². The minimum atomic E-state index is -4.71. The maximum absolute atomic E-state index is 12.2. The summed E-state index contributed by atoms with van der Waals surface area (Å²) in [5.41, 5.74) is 1.43. The molecular weight excluding hydrogens is 349 g/mol. The Morgan fingerprint density at radius 3 is 2.52 bits per heavy atom. The van der Waals surface area contributed by atoms with Gasteiger partial charge < -0.3 is 4.74 Å². The zero-order valence-corrected chi connectivity index (χ0v) is 12.0. The quantitative estimate of drug-likeness (QED) is 0.666. The van der Waals surface area contributed by atoms with Crippen molar-refractivity contribution in [3.63, 3.8) is 0 Å². The van der Waals surface area contributed by atoms with Crippen molar-refractivity contribution in [2.75, 3.05) is 0 Å². The van der Waals surface area contributed by atoms with E-state index in [1.54, 1.807) is 10.9 Å². The third kappa shape index (κ3) is 3.02. The molecule has 3 rings (SSSR count). The van der Waals surface area contributed by atoms with Crippen LogP contribution >= 0.6 is 15.9 Å².